The van der Waals surface area contributed by atoms with Crippen LogP contribution in [-0.2, 0) is 0 Å². The van der Waals surface area contributed by atoms with Crippen LogP contribution in [0.3, 0.4) is 0 Å². The van der Waals surface area contributed by atoms with Gasteiger partial charge in [-0.15, -0.1) is 11.3 Å². The van der Waals surface area contributed by atoms with Crippen LogP contribution in [0.25, 0.3) is 0 Å². The van der Waals surface area contributed by atoms with Gasteiger partial charge in [-0.1, -0.05) is 18.2 Å². The van der Waals surface area contributed by atoms with Crippen molar-refractivity contribution in [2.75, 3.05) is 0 Å². The van der Waals surface area contributed by atoms with Crippen molar-refractivity contribution in [2.45, 2.75) is 19.3 Å². The molecule has 3 aliphatic rings. The Morgan fingerprint density at radius 1 is 1.44 bits per heavy atom. The molecule has 0 aromatic carbocycles. The highest BCUT2D eigenvalue weighted by Crippen LogP contribution is 2.67. The van der Waals surface area contributed by atoms with Crippen molar-refractivity contribution in [2.24, 2.45) is 23.2 Å². The lowest BCUT2D eigenvalue weighted by atomic mass is 9.53. The van der Waals surface area contributed by atoms with Crippen LogP contribution in [0, 0.1) is 23.2 Å². The van der Waals surface area contributed by atoms with Gasteiger partial charge in [-0.05, 0) is 48.5 Å². The summed E-state index contributed by atoms with van der Waals surface area (Å²) in [5.74, 6) is 2.36. The Labute approximate surface area is 99.2 Å². The van der Waals surface area contributed by atoms with E-state index >= 15 is 0 Å². The summed E-state index contributed by atoms with van der Waals surface area (Å²) in [5, 5.41) is 2.01. The third-order valence-corrected chi connectivity index (χ3v) is 5.86. The van der Waals surface area contributed by atoms with Gasteiger partial charge < -0.3 is 0 Å². The van der Waals surface area contributed by atoms with Gasteiger partial charge >= 0.3 is 0 Å². The van der Waals surface area contributed by atoms with Gasteiger partial charge in [0.05, 0.1) is 4.88 Å². The molecule has 1 heterocycles. The number of allylic oxidation sites excluding steroid dienone is 2. The van der Waals surface area contributed by atoms with Gasteiger partial charge in [-0.3, -0.25) is 4.79 Å². The van der Waals surface area contributed by atoms with E-state index in [1.165, 1.54) is 12.8 Å². The number of thiophene rings is 1. The third kappa shape index (κ3) is 0.866. The summed E-state index contributed by atoms with van der Waals surface area (Å²) in [6.45, 7) is 0. The Bertz CT molecular complexity index is 473. The summed E-state index contributed by atoms with van der Waals surface area (Å²) in [6, 6.07) is 3.98. The van der Waals surface area contributed by atoms with E-state index in [4.69, 9.17) is 0 Å². The van der Waals surface area contributed by atoms with Crippen LogP contribution in [0.4, 0.5) is 0 Å². The zero-order valence-corrected chi connectivity index (χ0v) is 9.87. The van der Waals surface area contributed by atoms with Crippen LogP contribution in [-0.4, -0.2) is 5.78 Å². The molecule has 2 bridgehead atoms. The minimum atomic E-state index is 0.0181. The predicted octanol–water partition coefficient (Wildman–Crippen LogP) is 3.53. The number of ketones is 1. The second-order valence-electron chi connectivity index (χ2n) is 5.38. The third-order valence-electron chi connectivity index (χ3n) is 4.99. The summed E-state index contributed by atoms with van der Waals surface area (Å²) >= 11 is 1.61. The molecule has 0 spiro atoms. The maximum Gasteiger partial charge on any atom is 0.179 e. The lowest BCUT2D eigenvalue weighted by molar-refractivity contribution is 0.0208. The molecule has 2 fully saturated rings. The van der Waals surface area contributed by atoms with Crippen molar-refractivity contribution in [1.29, 1.82) is 0 Å². The molecular weight excluding hydrogens is 216 g/mol. The molecule has 4 atom stereocenters. The van der Waals surface area contributed by atoms with Crippen LogP contribution >= 0.6 is 11.3 Å². The van der Waals surface area contributed by atoms with Crippen molar-refractivity contribution >= 4 is 17.1 Å². The first-order valence-corrected chi connectivity index (χ1v) is 6.97. The fourth-order valence-electron chi connectivity index (χ4n) is 4.17. The smallest absolute Gasteiger partial charge is 0.179 e. The lowest BCUT2D eigenvalue weighted by Crippen LogP contribution is -2.49. The van der Waals surface area contributed by atoms with Crippen LogP contribution in [0.1, 0.15) is 28.9 Å². The summed E-state index contributed by atoms with van der Waals surface area (Å²) in [4.78, 5) is 13.6. The Balaban J connectivity index is 1.78. The molecule has 1 aromatic rings. The molecule has 2 heteroatoms. The quantitative estimate of drug-likeness (QED) is 0.561. The van der Waals surface area contributed by atoms with Crippen molar-refractivity contribution in [1.82, 2.24) is 0 Å². The van der Waals surface area contributed by atoms with Gasteiger partial charge in [0.2, 0.25) is 0 Å². The molecule has 4 rings (SSSR count). The highest BCUT2D eigenvalue weighted by molar-refractivity contribution is 7.12. The number of Topliss-reactive ketones (excluding diaryl/α,β-unsaturated/α-hetero) is 1. The second-order valence-corrected chi connectivity index (χ2v) is 6.33. The van der Waals surface area contributed by atoms with Crippen LogP contribution < -0.4 is 0 Å². The molecule has 2 saturated carbocycles. The molecule has 0 N–H and O–H groups in total. The number of rotatable bonds is 2. The molecule has 3 aliphatic carbocycles. The normalized spacial score (nSPS) is 43.1. The summed E-state index contributed by atoms with van der Waals surface area (Å²) < 4.78 is 0. The first kappa shape index (κ1) is 9.17. The molecular formula is C14H14OS. The van der Waals surface area contributed by atoms with E-state index in [2.05, 4.69) is 12.2 Å². The van der Waals surface area contributed by atoms with Gasteiger partial charge in [-0.2, -0.15) is 0 Å². The van der Waals surface area contributed by atoms with Gasteiger partial charge in [0, 0.05) is 5.41 Å². The van der Waals surface area contributed by atoms with E-state index in [-0.39, 0.29) is 5.41 Å². The maximum atomic E-state index is 12.7. The Morgan fingerprint density at radius 2 is 2.38 bits per heavy atom. The van der Waals surface area contributed by atoms with Crippen molar-refractivity contribution < 1.29 is 4.79 Å². The van der Waals surface area contributed by atoms with Gasteiger partial charge in [0.1, 0.15) is 0 Å². The molecule has 0 aliphatic heterocycles. The van der Waals surface area contributed by atoms with E-state index in [9.17, 15) is 4.79 Å². The van der Waals surface area contributed by atoms with Crippen molar-refractivity contribution in [3.63, 3.8) is 0 Å². The second kappa shape index (κ2) is 2.86. The van der Waals surface area contributed by atoms with Crippen molar-refractivity contribution in [3.05, 3.63) is 34.5 Å². The fraction of sp³-hybridized carbons (Fsp3) is 0.500. The molecule has 1 nitrogen and oxygen atoms in total. The minimum absolute atomic E-state index is 0.0181. The molecule has 82 valence electrons. The topological polar surface area (TPSA) is 17.1 Å². The molecule has 0 unspecified atom stereocenters. The Kier molecular flexibility index (Phi) is 1.64. The van der Waals surface area contributed by atoms with E-state index in [1.54, 1.807) is 11.3 Å². The monoisotopic (exact) mass is 230 g/mol. The van der Waals surface area contributed by atoms with E-state index in [1.807, 2.05) is 17.5 Å². The standard InChI is InChI=1S/C14H14OS/c15-13(12-2-1-7-16-12)14-6-5-11(14)9-3-4-10(14)8-9/h1-4,7,9-11H,5-6,8H2/t9-,10+,11+,14+/m0/s1. The fourth-order valence-corrected chi connectivity index (χ4v) is 4.93. The Hall–Kier alpha value is -0.890. The van der Waals surface area contributed by atoms with Gasteiger partial charge in [-0.25, -0.2) is 0 Å². The van der Waals surface area contributed by atoms with Gasteiger partial charge in [0.15, 0.2) is 5.78 Å². The summed E-state index contributed by atoms with van der Waals surface area (Å²) in [6.07, 6.45) is 8.30. The summed E-state index contributed by atoms with van der Waals surface area (Å²) in [7, 11) is 0. The van der Waals surface area contributed by atoms with E-state index in [0.717, 1.165) is 11.3 Å². The minimum Gasteiger partial charge on any atom is -0.293 e. The number of fused-ring (bicyclic) bond motifs is 5. The first-order valence-electron chi connectivity index (χ1n) is 6.09. The van der Waals surface area contributed by atoms with Crippen LogP contribution in [0.15, 0.2) is 29.7 Å². The van der Waals surface area contributed by atoms with Crippen LogP contribution in [0.5, 0.6) is 0 Å². The number of hydrogen-bond donors (Lipinski definition) is 0. The van der Waals surface area contributed by atoms with E-state index in [0.29, 0.717) is 23.5 Å². The number of hydrogen-bond acceptors (Lipinski definition) is 2. The lowest BCUT2D eigenvalue weighted by Gasteiger charge is -2.49. The maximum absolute atomic E-state index is 12.7. The predicted molar refractivity (Wildman–Crippen MR) is 64.5 cm³/mol. The molecule has 16 heavy (non-hydrogen) atoms. The molecule has 0 radical (unpaired) electrons. The first-order chi connectivity index (χ1) is 7.82. The highest BCUT2D eigenvalue weighted by atomic mass is 32.1. The number of carbonyl (C=O) groups excluding carboxylic acids is 1. The van der Waals surface area contributed by atoms with Gasteiger partial charge in [0.25, 0.3) is 0 Å². The molecule has 0 saturated heterocycles. The number of carbonyl (C=O) groups is 1. The summed E-state index contributed by atoms with van der Waals surface area (Å²) in [5.41, 5.74) is 0.0181. The Morgan fingerprint density at radius 3 is 3.00 bits per heavy atom. The van der Waals surface area contributed by atoms with E-state index < -0.39 is 0 Å². The van der Waals surface area contributed by atoms with Crippen molar-refractivity contribution in [3.8, 4) is 0 Å². The highest BCUT2D eigenvalue weighted by Gasteiger charge is 2.64. The SMILES string of the molecule is O=C(c1cccs1)[C@@]12CC[C@@H]1[C@H]1C=C[C@@H]2C1. The zero-order chi connectivity index (χ0) is 10.8. The molecule has 1 aromatic heterocycles. The average Bonchev–Trinajstić information content (AvgIpc) is 2.88. The van der Waals surface area contributed by atoms with Crippen LogP contribution in [0.2, 0.25) is 0 Å². The largest absolute Gasteiger partial charge is 0.293 e. The zero-order valence-electron chi connectivity index (χ0n) is 9.06. The average molecular weight is 230 g/mol. The molecule has 0 amide bonds.